The molecule has 1 heterocycles. The lowest BCUT2D eigenvalue weighted by Crippen LogP contribution is -2.41. The molecule has 1 saturated carbocycles. The fourth-order valence-electron chi connectivity index (χ4n) is 2.27. The Morgan fingerprint density at radius 2 is 2.40 bits per heavy atom. The van der Waals surface area contributed by atoms with Gasteiger partial charge in [0.2, 0.25) is 5.91 Å². The van der Waals surface area contributed by atoms with Gasteiger partial charge < -0.3 is 10.1 Å². The highest BCUT2D eigenvalue weighted by Gasteiger charge is 2.45. The molecule has 0 radical (unpaired) electrons. The van der Waals surface area contributed by atoms with Gasteiger partial charge in [-0.05, 0) is 25.7 Å². The van der Waals surface area contributed by atoms with E-state index in [0.29, 0.717) is 12.5 Å². The minimum Gasteiger partial charge on any atom is -0.373 e. The average Bonchev–Trinajstić information content (AvgIpc) is 2.60. The topological polar surface area (TPSA) is 38.3 Å². The van der Waals surface area contributed by atoms with Crippen molar-refractivity contribution in [2.45, 2.75) is 44.2 Å². The third kappa shape index (κ3) is 2.28. The first-order valence-electron chi connectivity index (χ1n) is 5.65. The van der Waals surface area contributed by atoms with Crippen LogP contribution in [0.1, 0.15) is 32.6 Å². The minimum absolute atomic E-state index is 0.0509. The van der Waals surface area contributed by atoms with Crippen LogP contribution in [0.25, 0.3) is 0 Å². The minimum atomic E-state index is -0.107. The Balaban J connectivity index is 1.79. The monoisotopic (exact) mass is 231 g/mol. The van der Waals surface area contributed by atoms with Gasteiger partial charge in [0, 0.05) is 11.8 Å². The number of carbonyl (C=O) groups excluding carboxylic acids is 1. The van der Waals surface area contributed by atoms with E-state index in [1.165, 1.54) is 6.42 Å². The van der Waals surface area contributed by atoms with E-state index in [-0.39, 0.29) is 23.5 Å². The molecule has 2 fully saturated rings. The number of alkyl halides is 1. The van der Waals surface area contributed by atoms with Crippen LogP contribution in [0.4, 0.5) is 0 Å². The molecule has 2 rings (SSSR count). The molecule has 0 bridgehead atoms. The van der Waals surface area contributed by atoms with Gasteiger partial charge in [-0.2, -0.15) is 0 Å². The zero-order valence-electron chi connectivity index (χ0n) is 9.09. The van der Waals surface area contributed by atoms with Crippen LogP contribution in [-0.4, -0.2) is 30.0 Å². The maximum atomic E-state index is 11.6. The van der Waals surface area contributed by atoms with Crippen molar-refractivity contribution in [3.63, 3.8) is 0 Å². The van der Waals surface area contributed by atoms with Gasteiger partial charge in [0.1, 0.15) is 0 Å². The van der Waals surface area contributed by atoms with E-state index in [1.807, 2.05) is 6.92 Å². The van der Waals surface area contributed by atoms with Gasteiger partial charge in [-0.15, -0.1) is 11.6 Å². The van der Waals surface area contributed by atoms with Crippen LogP contribution < -0.4 is 5.32 Å². The fourth-order valence-corrected chi connectivity index (χ4v) is 2.41. The van der Waals surface area contributed by atoms with Crippen molar-refractivity contribution >= 4 is 17.5 Å². The van der Waals surface area contributed by atoms with Crippen molar-refractivity contribution in [3.8, 4) is 0 Å². The fraction of sp³-hybridized carbons (Fsp3) is 0.909. The summed E-state index contributed by atoms with van der Waals surface area (Å²) in [6, 6.07) is 0.198. The van der Waals surface area contributed by atoms with Crippen LogP contribution in [-0.2, 0) is 9.53 Å². The quantitative estimate of drug-likeness (QED) is 0.751. The van der Waals surface area contributed by atoms with Crippen molar-refractivity contribution in [2.75, 3.05) is 12.5 Å². The van der Waals surface area contributed by atoms with Crippen molar-refractivity contribution in [1.82, 2.24) is 5.32 Å². The molecule has 0 aromatic rings. The van der Waals surface area contributed by atoms with E-state index in [9.17, 15) is 4.79 Å². The molecule has 86 valence electrons. The molecule has 1 saturated heterocycles. The molecule has 4 heteroatoms. The smallest absolute Gasteiger partial charge is 0.224 e. The zero-order chi connectivity index (χ0) is 10.9. The Hall–Kier alpha value is -0.280. The Labute approximate surface area is 95.5 Å². The Kier molecular flexibility index (Phi) is 3.21. The molecule has 3 nitrogen and oxygen atoms in total. The predicted octanol–water partition coefficient (Wildman–Crippen LogP) is 1.69. The molecule has 1 aliphatic heterocycles. The summed E-state index contributed by atoms with van der Waals surface area (Å²) in [5.41, 5.74) is 0.113. The molecule has 1 amide bonds. The van der Waals surface area contributed by atoms with E-state index >= 15 is 0 Å². The number of hydrogen-bond donors (Lipinski definition) is 1. The van der Waals surface area contributed by atoms with Gasteiger partial charge >= 0.3 is 0 Å². The Bertz CT molecular complexity index is 253. The summed E-state index contributed by atoms with van der Waals surface area (Å²) in [6.07, 6.45) is 4.56. The van der Waals surface area contributed by atoms with Crippen molar-refractivity contribution in [2.24, 2.45) is 5.92 Å². The van der Waals surface area contributed by atoms with Gasteiger partial charge in [0.25, 0.3) is 0 Å². The number of halogens is 1. The second-order valence-electron chi connectivity index (χ2n) is 4.81. The van der Waals surface area contributed by atoms with Crippen LogP contribution in [0.2, 0.25) is 0 Å². The second kappa shape index (κ2) is 4.30. The largest absolute Gasteiger partial charge is 0.373 e. The van der Waals surface area contributed by atoms with Gasteiger partial charge in [-0.1, -0.05) is 6.92 Å². The standard InChI is InChI=1S/C11H18ClNO2/c1-8(6-12)10(14)13-9-5-11(15-7-9)3-2-4-11/h8-9H,2-7H2,1H3,(H,13,14). The van der Waals surface area contributed by atoms with Crippen LogP contribution in [0.15, 0.2) is 0 Å². The number of rotatable bonds is 3. The molecule has 0 aromatic heterocycles. The van der Waals surface area contributed by atoms with E-state index in [4.69, 9.17) is 16.3 Å². The van der Waals surface area contributed by atoms with Gasteiger partial charge in [-0.3, -0.25) is 4.79 Å². The third-order valence-electron chi connectivity index (χ3n) is 3.50. The first-order chi connectivity index (χ1) is 7.15. The first-order valence-corrected chi connectivity index (χ1v) is 6.19. The zero-order valence-corrected chi connectivity index (χ0v) is 9.85. The number of ether oxygens (including phenoxy) is 1. The summed E-state index contributed by atoms with van der Waals surface area (Å²) >= 11 is 5.63. The van der Waals surface area contributed by atoms with E-state index in [2.05, 4.69) is 5.32 Å². The molecular weight excluding hydrogens is 214 g/mol. The maximum absolute atomic E-state index is 11.6. The molecule has 1 spiro atoms. The molecular formula is C11H18ClNO2. The maximum Gasteiger partial charge on any atom is 0.224 e. The summed E-state index contributed by atoms with van der Waals surface area (Å²) < 4.78 is 5.76. The van der Waals surface area contributed by atoms with Crippen molar-refractivity contribution in [3.05, 3.63) is 0 Å². The lowest BCUT2D eigenvalue weighted by molar-refractivity contribution is -0.124. The number of carbonyl (C=O) groups is 1. The lowest BCUT2D eigenvalue weighted by Gasteiger charge is -2.37. The second-order valence-corrected chi connectivity index (χ2v) is 5.12. The number of hydrogen-bond acceptors (Lipinski definition) is 2. The highest BCUT2D eigenvalue weighted by molar-refractivity contribution is 6.19. The van der Waals surface area contributed by atoms with Crippen LogP contribution in [0.3, 0.4) is 0 Å². The molecule has 2 atom stereocenters. The molecule has 1 N–H and O–H groups in total. The van der Waals surface area contributed by atoms with Gasteiger partial charge in [0.15, 0.2) is 0 Å². The van der Waals surface area contributed by atoms with Gasteiger partial charge in [0.05, 0.1) is 18.2 Å². The number of nitrogens with one attached hydrogen (secondary N) is 1. The summed E-state index contributed by atoms with van der Waals surface area (Å²) in [6.45, 7) is 2.51. The summed E-state index contributed by atoms with van der Waals surface area (Å²) in [5, 5.41) is 3.00. The van der Waals surface area contributed by atoms with E-state index in [0.717, 1.165) is 19.3 Å². The summed E-state index contributed by atoms with van der Waals surface area (Å²) in [5.74, 6) is 0.324. The average molecular weight is 232 g/mol. The number of amides is 1. The summed E-state index contributed by atoms with van der Waals surface area (Å²) in [7, 11) is 0. The van der Waals surface area contributed by atoms with Crippen molar-refractivity contribution < 1.29 is 9.53 Å². The van der Waals surface area contributed by atoms with Crippen LogP contribution >= 0.6 is 11.6 Å². The van der Waals surface area contributed by atoms with Crippen molar-refractivity contribution in [1.29, 1.82) is 0 Å². The Morgan fingerprint density at radius 1 is 1.67 bits per heavy atom. The van der Waals surface area contributed by atoms with E-state index in [1.54, 1.807) is 0 Å². The molecule has 1 aliphatic carbocycles. The van der Waals surface area contributed by atoms with Crippen LogP contribution in [0, 0.1) is 5.92 Å². The Morgan fingerprint density at radius 3 is 2.87 bits per heavy atom. The molecule has 2 unspecified atom stereocenters. The highest BCUT2D eigenvalue weighted by atomic mass is 35.5. The van der Waals surface area contributed by atoms with Gasteiger partial charge in [-0.25, -0.2) is 0 Å². The molecule has 0 aromatic carbocycles. The van der Waals surface area contributed by atoms with Crippen LogP contribution in [0.5, 0.6) is 0 Å². The normalized spacial score (nSPS) is 29.9. The lowest BCUT2D eigenvalue weighted by atomic mass is 9.77. The predicted molar refractivity (Wildman–Crippen MR) is 59.0 cm³/mol. The molecule has 15 heavy (non-hydrogen) atoms. The SMILES string of the molecule is CC(CCl)C(=O)NC1COC2(CCC2)C1. The van der Waals surface area contributed by atoms with E-state index < -0.39 is 0 Å². The third-order valence-corrected chi connectivity index (χ3v) is 3.96. The highest BCUT2D eigenvalue weighted by Crippen LogP contribution is 2.43. The molecule has 2 aliphatic rings. The first kappa shape index (κ1) is 11.2. The summed E-state index contributed by atoms with van der Waals surface area (Å²) in [4.78, 5) is 11.6.